The third-order valence-corrected chi connectivity index (χ3v) is 6.36. The number of nitrogens with zero attached hydrogens (tertiary/aromatic N) is 2. The molecule has 0 bridgehead atoms. The first kappa shape index (κ1) is 17.5. The fourth-order valence-corrected chi connectivity index (χ4v) is 4.52. The maximum atomic E-state index is 6.69. The topological polar surface area (TPSA) is 17.8 Å². The number of hydrogen-bond donors (Lipinski definition) is 0. The van der Waals surface area contributed by atoms with Gasteiger partial charge >= 0.3 is 0 Å². The van der Waals surface area contributed by atoms with Gasteiger partial charge in [-0.3, -0.25) is 0 Å². The van der Waals surface area contributed by atoms with Crippen LogP contribution in [0.2, 0.25) is 10.0 Å². The van der Waals surface area contributed by atoms with Crippen molar-refractivity contribution in [1.29, 1.82) is 0 Å². The van der Waals surface area contributed by atoms with Crippen molar-refractivity contribution in [2.24, 2.45) is 0 Å². The molecule has 0 radical (unpaired) electrons. The van der Waals surface area contributed by atoms with Gasteiger partial charge in [0.1, 0.15) is 0 Å². The molecule has 2 nitrogen and oxygen atoms in total. The average Bonchev–Trinajstić information content (AvgIpc) is 3.18. The monoisotopic (exact) mass is 398 g/mol. The van der Waals surface area contributed by atoms with Crippen molar-refractivity contribution in [3.8, 4) is 0 Å². The van der Waals surface area contributed by atoms with Gasteiger partial charge in [0.15, 0.2) is 0 Å². The predicted molar refractivity (Wildman–Crippen MR) is 110 cm³/mol. The number of hydrogen-bond acceptors (Lipinski definition) is 2. The summed E-state index contributed by atoms with van der Waals surface area (Å²) in [7, 11) is 0. The molecule has 0 aliphatic carbocycles. The second-order valence-corrected chi connectivity index (χ2v) is 7.88. The van der Waals surface area contributed by atoms with E-state index in [1.54, 1.807) is 18.0 Å². The summed E-state index contributed by atoms with van der Waals surface area (Å²) in [4.78, 5) is 6.11. The molecule has 3 aromatic carbocycles. The number of rotatable bonds is 5. The molecule has 0 spiro atoms. The zero-order chi connectivity index (χ0) is 17.9. The molecule has 0 unspecified atom stereocenters. The Morgan fingerprint density at radius 2 is 1.81 bits per heavy atom. The lowest BCUT2D eigenvalue weighted by Gasteiger charge is -2.12. The van der Waals surface area contributed by atoms with Crippen molar-refractivity contribution < 1.29 is 0 Å². The Balaban J connectivity index is 1.61. The molecule has 130 valence electrons. The van der Waals surface area contributed by atoms with Gasteiger partial charge in [0.05, 0.1) is 16.4 Å². The normalized spacial score (nSPS) is 11.2. The molecule has 0 amide bonds. The van der Waals surface area contributed by atoms with E-state index in [2.05, 4.69) is 35.3 Å². The van der Waals surface area contributed by atoms with Crippen LogP contribution in [0.1, 0.15) is 5.56 Å². The lowest BCUT2D eigenvalue weighted by molar-refractivity contribution is 0.695. The van der Waals surface area contributed by atoms with Crippen LogP contribution in [0, 0.1) is 0 Å². The van der Waals surface area contributed by atoms with Crippen LogP contribution >= 0.6 is 35.0 Å². The first-order valence-electron chi connectivity index (χ1n) is 8.30. The zero-order valence-electron chi connectivity index (χ0n) is 13.9. The molecule has 26 heavy (non-hydrogen) atoms. The highest BCUT2D eigenvalue weighted by molar-refractivity contribution is 7.99. The summed E-state index contributed by atoms with van der Waals surface area (Å²) in [5.74, 6) is 0. The van der Waals surface area contributed by atoms with E-state index in [4.69, 9.17) is 23.2 Å². The van der Waals surface area contributed by atoms with Crippen LogP contribution in [0.15, 0.2) is 83.1 Å². The minimum Gasteiger partial charge on any atom is -0.337 e. The highest BCUT2D eigenvalue weighted by Gasteiger charge is 2.13. The molecule has 0 N–H and O–H groups in total. The maximum absolute atomic E-state index is 6.69. The van der Waals surface area contributed by atoms with Crippen LogP contribution in [0.5, 0.6) is 0 Å². The van der Waals surface area contributed by atoms with Crippen molar-refractivity contribution in [2.75, 3.05) is 0 Å². The number of aromatic nitrogens is 2. The number of benzene rings is 3. The predicted octanol–water partition coefficient (Wildman–Crippen LogP) is 6.74. The molecular formula is C21H16Cl2N2S. The molecule has 4 aromatic rings. The standard InChI is InChI=1S/C21H16Cl2N2S/c22-19-8-6-16(9-11-25-12-10-24-14-25)20(23)21(19)26-18-7-5-15-3-1-2-4-17(15)13-18/h1-8,10,12-14H,9,11H2. The van der Waals surface area contributed by atoms with Gasteiger partial charge in [0, 0.05) is 28.7 Å². The van der Waals surface area contributed by atoms with Gasteiger partial charge in [-0.25, -0.2) is 4.98 Å². The molecule has 5 heteroatoms. The van der Waals surface area contributed by atoms with Crippen LogP contribution in [0.25, 0.3) is 10.8 Å². The Labute approximate surface area is 166 Å². The Hall–Kier alpha value is -1.94. The zero-order valence-corrected chi connectivity index (χ0v) is 16.2. The van der Waals surface area contributed by atoms with Gasteiger partial charge in [0.2, 0.25) is 0 Å². The summed E-state index contributed by atoms with van der Waals surface area (Å²) in [5.41, 5.74) is 1.09. The van der Waals surface area contributed by atoms with Crippen LogP contribution in [0.3, 0.4) is 0 Å². The van der Waals surface area contributed by atoms with Gasteiger partial charge in [-0.2, -0.15) is 0 Å². The van der Waals surface area contributed by atoms with Crippen LogP contribution in [0.4, 0.5) is 0 Å². The molecule has 0 aliphatic heterocycles. The van der Waals surface area contributed by atoms with E-state index in [-0.39, 0.29) is 0 Å². The van der Waals surface area contributed by atoms with E-state index in [9.17, 15) is 0 Å². The van der Waals surface area contributed by atoms with Crippen molar-refractivity contribution >= 4 is 45.7 Å². The van der Waals surface area contributed by atoms with Gasteiger partial charge in [-0.1, -0.05) is 71.4 Å². The van der Waals surface area contributed by atoms with E-state index < -0.39 is 0 Å². The Morgan fingerprint density at radius 1 is 0.962 bits per heavy atom. The lowest BCUT2D eigenvalue weighted by Crippen LogP contribution is -1.99. The lowest BCUT2D eigenvalue weighted by atomic mass is 10.1. The highest BCUT2D eigenvalue weighted by atomic mass is 35.5. The van der Waals surface area contributed by atoms with Gasteiger partial charge in [-0.15, -0.1) is 0 Å². The molecule has 0 saturated carbocycles. The summed E-state index contributed by atoms with van der Waals surface area (Å²) in [6, 6.07) is 18.7. The molecule has 0 saturated heterocycles. The number of halogens is 2. The number of imidazole rings is 1. The van der Waals surface area contributed by atoms with Gasteiger partial charge in [-0.05, 0) is 41.0 Å². The molecule has 0 aliphatic rings. The summed E-state index contributed by atoms with van der Waals surface area (Å²) in [5, 5.41) is 3.85. The SMILES string of the molecule is Clc1ccc(CCn2ccnc2)c(Cl)c1Sc1ccc2ccccc2c1. The molecule has 1 aromatic heterocycles. The minimum absolute atomic E-state index is 0.680. The van der Waals surface area contributed by atoms with Crippen molar-refractivity contribution in [2.45, 2.75) is 22.8 Å². The third-order valence-electron chi connectivity index (χ3n) is 4.27. The molecule has 4 rings (SSSR count). The van der Waals surface area contributed by atoms with Crippen LogP contribution < -0.4 is 0 Å². The van der Waals surface area contributed by atoms with Crippen molar-refractivity contribution in [3.05, 3.63) is 88.9 Å². The first-order valence-corrected chi connectivity index (χ1v) is 9.87. The Morgan fingerprint density at radius 3 is 2.62 bits per heavy atom. The molecule has 0 atom stereocenters. The van der Waals surface area contributed by atoms with Crippen LogP contribution in [-0.2, 0) is 13.0 Å². The fraction of sp³-hybridized carbons (Fsp3) is 0.0952. The second kappa shape index (κ2) is 7.75. The number of aryl methyl sites for hydroxylation is 2. The minimum atomic E-state index is 0.680. The summed E-state index contributed by atoms with van der Waals surface area (Å²) >= 11 is 14.8. The van der Waals surface area contributed by atoms with E-state index in [1.165, 1.54) is 10.8 Å². The third kappa shape index (κ3) is 3.75. The van der Waals surface area contributed by atoms with E-state index in [1.807, 2.05) is 41.4 Å². The highest BCUT2D eigenvalue weighted by Crippen LogP contribution is 2.41. The molecular weight excluding hydrogens is 383 g/mol. The van der Waals surface area contributed by atoms with Crippen molar-refractivity contribution in [1.82, 2.24) is 9.55 Å². The largest absolute Gasteiger partial charge is 0.337 e. The summed E-state index contributed by atoms with van der Waals surface area (Å²) in [6.45, 7) is 0.835. The van der Waals surface area contributed by atoms with E-state index in [0.29, 0.717) is 5.02 Å². The first-order chi connectivity index (χ1) is 12.7. The van der Waals surface area contributed by atoms with Gasteiger partial charge in [0.25, 0.3) is 0 Å². The number of fused-ring (bicyclic) bond motifs is 1. The summed E-state index contributed by atoms with van der Waals surface area (Å²) in [6.07, 6.45) is 6.38. The Bertz CT molecular complexity index is 1050. The average molecular weight is 399 g/mol. The molecule has 0 fully saturated rings. The van der Waals surface area contributed by atoms with Gasteiger partial charge < -0.3 is 4.57 Å². The van der Waals surface area contributed by atoms with E-state index >= 15 is 0 Å². The quantitative estimate of drug-likeness (QED) is 0.370. The smallest absolute Gasteiger partial charge is 0.0946 e. The Kier molecular flexibility index (Phi) is 5.21. The van der Waals surface area contributed by atoms with Crippen molar-refractivity contribution in [3.63, 3.8) is 0 Å². The van der Waals surface area contributed by atoms with E-state index in [0.717, 1.165) is 33.3 Å². The second-order valence-electron chi connectivity index (χ2n) is 6.01. The maximum Gasteiger partial charge on any atom is 0.0946 e. The molecule has 1 heterocycles. The summed E-state index contributed by atoms with van der Waals surface area (Å²) < 4.78 is 2.04. The fourth-order valence-electron chi connectivity index (χ4n) is 2.88. The van der Waals surface area contributed by atoms with Crippen LogP contribution in [-0.4, -0.2) is 9.55 Å².